The quantitative estimate of drug-likeness (QED) is 0.536. The first-order valence-electron chi connectivity index (χ1n) is 8.40. The van der Waals surface area contributed by atoms with Crippen molar-refractivity contribution >= 4 is 35.0 Å². The Morgan fingerprint density at radius 3 is 2.37 bits per heavy atom. The SMILES string of the molecule is O=C(O)COCCOCCOCC(=O)NC1=NN(c2ccc(Cl)cc2)CC1. The first-order valence-corrected chi connectivity index (χ1v) is 8.78. The number of nitrogens with one attached hydrogen (secondary N) is 1. The van der Waals surface area contributed by atoms with Crippen LogP contribution in [0.15, 0.2) is 29.4 Å². The van der Waals surface area contributed by atoms with Crippen LogP contribution in [0.4, 0.5) is 5.69 Å². The van der Waals surface area contributed by atoms with E-state index in [-0.39, 0.29) is 45.5 Å². The summed E-state index contributed by atoms with van der Waals surface area (Å²) in [6.07, 6.45) is 0.633. The molecule has 148 valence electrons. The summed E-state index contributed by atoms with van der Waals surface area (Å²) in [5.41, 5.74) is 0.907. The molecule has 1 amide bonds. The number of halogens is 1. The molecular formula is C17H22ClN3O6. The van der Waals surface area contributed by atoms with E-state index in [1.54, 1.807) is 17.1 Å². The van der Waals surface area contributed by atoms with Gasteiger partial charge in [0.25, 0.3) is 5.91 Å². The van der Waals surface area contributed by atoms with E-state index in [0.717, 1.165) is 5.69 Å². The number of nitrogens with zero attached hydrogens (tertiary/aromatic N) is 2. The number of carbonyl (C=O) groups excluding carboxylic acids is 1. The Labute approximate surface area is 161 Å². The van der Waals surface area contributed by atoms with Crippen LogP contribution in [0.1, 0.15) is 6.42 Å². The number of amides is 1. The number of hydrazone groups is 1. The second kappa shape index (κ2) is 11.5. The number of carbonyl (C=O) groups is 2. The lowest BCUT2D eigenvalue weighted by Gasteiger charge is -2.12. The van der Waals surface area contributed by atoms with Gasteiger partial charge in [0.1, 0.15) is 19.0 Å². The standard InChI is InChI=1S/C17H22ClN3O6/c18-13-1-3-14(4-2-13)21-6-5-15(20-21)19-16(22)11-26-9-7-25-8-10-27-12-17(23)24/h1-4H,5-12H2,(H,23,24)(H,19,20,22). The van der Waals surface area contributed by atoms with Crippen molar-refractivity contribution < 1.29 is 28.9 Å². The van der Waals surface area contributed by atoms with Crippen LogP contribution >= 0.6 is 11.6 Å². The lowest BCUT2D eigenvalue weighted by atomic mass is 10.3. The number of aliphatic carboxylic acids is 1. The summed E-state index contributed by atoms with van der Waals surface area (Å²) in [5.74, 6) is -0.714. The van der Waals surface area contributed by atoms with Gasteiger partial charge < -0.3 is 24.6 Å². The minimum Gasteiger partial charge on any atom is -0.480 e. The second-order valence-corrected chi connectivity index (χ2v) is 5.99. The predicted molar refractivity (Wildman–Crippen MR) is 99.1 cm³/mol. The summed E-state index contributed by atoms with van der Waals surface area (Å²) in [6, 6.07) is 7.31. The Morgan fingerprint density at radius 1 is 1.07 bits per heavy atom. The minimum absolute atomic E-state index is 0.0984. The number of hydrogen-bond donors (Lipinski definition) is 2. The highest BCUT2D eigenvalue weighted by Crippen LogP contribution is 2.21. The van der Waals surface area contributed by atoms with Gasteiger partial charge >= 0.3 is 5.97 Å². The molecular weight excluding hydrogens is 378 g/mol. The topological polar surface area (TPSA) is 110 Å². The number of amidine groups is 1. The molecule has 1 aromatic carbocycles. The van der Waals surface area contributed by atoms with Gasteiger partial charge in [0, 0.05) is 18.0 Å². The normalized spacial score (nSPS) is 13.5. The van der Waals surface area contributed by atoms with Crippen molar-refractivity contribution in [3.05, 3.63) is 29.3 Å². The van der Waals surface area contributed by atoms with Crippen LogP contribution < -0.4 is 10.3 Å². The van der Waals surface area contributed by atoms with E-state index >= 15 is 0 Å². The summed E-state index contributed by atoms with van der Waals surface area (Å²) in [4.78, 5) is 22.1. The van der Waals surface area contributed by atoms with E-state index in [1.807, 2.05) is 12.1 Å². The summed E-state index contributed by atoms with van der Waals surface area (Å²) in [7, 11) is 0. The zero-order valence-electron chi connectivity index (χ0n) is 14.7. The average molecular weight is 400 g/mol. The van der Waals surface area contributed by atoms with Gasteiger partial charge in [0.2, 0.25) is 0 Å². The van der Waals surface area contributed by atoms with Gasteiger partial charge in [0.15, 0.2) is 0 Å². The largest absolute Gasteiger partial charge is 0.480 e. The molecule has 1 aliphatic rings. The number of rotatable bonds is 11. The molecule has 0 atom stereocenters. The van der Waals surface area contributed by atoms with Crippen LogP contribution in [0.5, 0.6) is 0 Å². The monoisotopic (exact) mass is 399 g/mol. The van der Waals surface area contributed by atoms with Crippen molar-refractivity contribution in [1.82, 2.24) is 5.32 Å². The van der Waals surface area contributed by atoms with Crippen LogP contribution in [0.3, 0.4) is 0 Å². The maximum atomic E-state index is 11.9. The third-order valence-electron chi connectivity index (χ3n) is 3.41. The molecule has 10 heteroatoms. The zero-order valence-corrected chi connectivity index (χ0v) is 15.5. The van der Waals surface area contributed by atoms with E-state index in [9.17, 15) is 9.59 Å². The molecule has 2 rings (SSSR count). The first kappa shape index (κ1) is 21.1. The molecule has 1 aromatic rings. The molecule has 1 aliphatic heterocycles. The average Bonchev–Trinajstić information content (AvgIpc) is 3.09. The molecule has 0 unspecified atom stereocenters. The fourth-order valence-corrected chi connectivity index (χ4v) is 2.33. The third kappa shape index (κ3) is 8.35. The lowest BCUT2D eigenvalue weighted by molar-refractivity contribution is -0.142. The molecule has 0 spiro atoms. The van der Waals surface area contributed by atoms with Crippen molar-refractivity contribution in [3.8, 4) is 0 Å². The van der Waals surface area contributed by atoms with Crippen LogP contribution in [0, 0.1) is 0 Å². The van der Waals surface area contributed by atoms with Gasteiger partial charge in [-0.3, -0.25) is 9.80 Å². The molecule has 1 heterocycles. The molecule has 0 fully saturated rings. The molecule has 0 saturated carbocycles. The molecule has 0 saturated heterocycles. The summed E-state index contributed by atoms with van der Waals surface area (Å²) < 4.78 is 15.2. The molecule has 0 bridgehead atoms. The van der Waals surface area contributed by atoms with Crippen molar-refractivity contribution in [3.63, 3.8) is 0 Å². The van der Waals surface area contributed by atoms with E-state index in [2.05, 4.69) is 10.4 Å². The van der Waals surface area contributed by atoms with Gasteiger partial charge in [0.05, 0.1) is 32.1 Å². The predicted octanol–water partition coefficient (Wildman–Crippen LogP) is 1.11. The maximum Gasteiger partial charge on any atom is 0.329 e. The van der Waals surface area contributed by atoms with Crippen LogP contribution in [-0.2, 0) is 23.8 Å². The highest BCUT2D eigenvalue weighted by atomic mass is 35.5. The molecule has 9 nitrogen and oxygen atoms in total. The Morgan fingerprint density at radius 2 is 1.70 bits per heavy atom. The molecule has 0 radical (unpaired) electrons. The Balaban J connectivity index is 1.55. The number of carboxylic acid groups (broad SMARTS) is 1. The van der Waals surface area contributed by atoms with Crippen molar-refractivity contribution in [2.24, 2.45) is 5.10 Å². The van der Waals surface area contributed by atoms with Crippen LogP contribution in [0.25, 0.3) is 0 Å². The maximum absolute atomic E-state index is 11.9. The van der Waals surface area contributed by atoms with E-state index in [0.29, 0.717) is 23.8 Å². The van der Waals surface area contributed by atoms with Crippen molar-refractivity contribution in [1.29, 1.82) is 0 Å². The minimum atomic E-state index is -1.02. The summed E-state index contributed by atoms with van der Waals surface area (Å²) >= 11 is 5.87. The molecule has 27 heavy (non-hydrogen) atoms. The number of ether oxygens (including phenoxy) is 3. The fraction of sp³-hybridized carbons (Fsp3) is 0.471. The van der Waals surface area contributed by atoms with Crippen LogP contribution in [-0.4, -0.2) is 69.0 Å². The van der Waals surface area contributed by atoms with E-state index in [1.165, 1.54) is 0 Å². The van der Waals surface area contributed by atoms with Gasteiger partial charge in [-0.1, -0.05) is 11.6 Å². The second-order valence-electron chi connectivity index (χ2n) is 5.56. The molecule has 0 aromatic heterocycles. The van der Waals surface area contributed by atoms with Crippen LogP contribution in [0.2, 0.25) is 5.02 Å². The highest BCUT2D eigenvalue weighted by Gasteiger charge is 2.17. The first-order chi connectivity index (χ1) is 13.0. The van der Waals surface area contributed by atoms with Gasteiger partial charge in [-0.25, -0.2) is 4.79 Å². The highest BCUT2D eigenvalue weighted by molar-refractivity contribution is 6.30. The number of hydrogen-bond acceptors (Lipinski definition) is 7. The molecule has 2 N–H and O–H groups in total. The lowest BCUT2D eigenvalue weighted by Crippen LogP contribution is -2.33. The Hall–Kier alpha value is -2.20. The van der Waals surface area contributed by atoms with E-state index < -0.39 is 5.97 Å². The fourth-order valence-electron chi connectivity index (χ4n) is 2.20. The van der Waals surface area contributed by atoms with Crippen molar-refractivity contribution in [2.75, 3.05) is 51.2 Å². The Bertz CT molecular complexity index is 653. The zero-order chi connectivity index (χ0) is 19.5. The smallest absolute Gasteiger partial charge is 0.329 e. The number of carboxylic acids is 1. The summed E-state index contributed by atoms with van der Waals surface area (Å²) in [5, 5.41) is 17.9. The van der Waals surface area contributed by atoms with Gasteiger partial charge in [-0.15, -0.1) is 0 Å². The van der Waals surface area contributed by atoms with E-state index in [4.69, 9.17) is 30.9 Å². The molecule has 0 aliphatic carbocycles. The van der Waals surface area contributed by atoms with Crippen molar-refractivity contribution in [2.45, 2.75) is 6.42 Å². The Kier molecular flexibility index (Phi) is 8.99. The number of benzene rings is 1. The number of anilines is 1. The summed E-state index contributed by atoms with van der Waals surface area (Å²) in [6.45, 7) is 1.22. The van der Waals surface area contributed by atoms with Gasteiger partial charge in [-0.2, -0.15) is 5.10 Å². The van der Waals surface area contributed by atoms with Gasteiger partial charge in [-0.05, 0) is 24.3 Å². The third-order valence-corrected chi connectivity index (χ3v) is 3.66.